The van der Waals surface area contributed by atoms with E-state index in [4.69, 9.17) is 5.11 Å². The number of hydrogen-bond acceptors (Lipinski definition) is 4. The third kappa shape index (κ3) is 3.91. The molecule has 0 radical (unpaired) electrons. The van der Waals surface area contributed by atoms with Crippen LogP contribution in [0.25, 0.3) is 0 Å². The lowest BCUT2D eigenvalue weighted by Crippen LogP contribution is -2.06. The third-order valence-electron chi connectivity index (χ3n) is 2.42. The van der Waals surface area contributed by atoms with Gasteiger partial charge in [-0.25, -0.2) is 9.37 Å². The Hall–Kier alpha value is -2.16. The number of carboxylic acid groups (broad SMARTS) is 1. The van der Waals surface area contributed by atoms with E-state index in [0.717, 1.165) is 11.3 Å². The van der Waals surface area contributed by atoms with Crippen molar-refractivity contribution in [2.75, 3.05) is 5.32 Å². The fourth-order valence-corrected chi connectivity index (χ4v) is 2.24. The number of rotatable bonds is 4. The van der Waals surface area contributed by atoms with E-state index in [1.165, 1.54) is 5.38 Å². The highest BCUT2D eigenvalue weighted by molar-refractivity contribution is 7.13. The number of nitrogens with one attached hydrogen (secondary N) is 1. The van der Waals surface area contributed by atoms with E-state index in [2.05, 4.69) is 10.3 Å². The second-order valence-electron chi connectivity index (χ2n) is 4.03. The molecule has 21 heavy (non-hydrogen) atoms. The smallest absolute Gasteiger partial charge is 0.416 e. The molecule has 1 aromatic heterocycles. The zero-order valence-corrected chi connectivity index (χ0v) is 11.1. The molecule has 0 aliphatic carbocycles. The number of anilines is 2. The molecule has 0 unspecified atom stereocenters. The molecule has 9 heteroatoms. The predicted octanol–water partition coefficient (Wildman–Crippen LogP) is 3.67. The Balaban J connectivity index is 2.22. The molecule has 2 N–H and O–H groups in total. The van der Waals surface area contributed by atoms with Gasteiger partial charge >= 0.3 is 12.1 Å². The van der Waals surface area contributed by atoms with E-state index in [9.17, 15) is 22.4 Å². The molecule has 0 spiro atoms. The maximum absolute atomic E-state index is 13.5. The summed E-state index contributed by atoms with van der Waals surface area (Å²) >= 11 is 0.975. The van der Waals surface area contributed by atoms with Crippen molar-refractivity contribution >= 4 is 28.1 Å². The molecule has 0 fully saturated rings. The normalized spacial score (nSPS) is 11.4. The number of alkyl halides is 3. The van der Waals surface area contributed by atoms with Crippen molar-refractivity contribution < 1.29 is 27.5 Å². The summed E-state index contributed by atoms with van der Waals surface area (Å²) in [6.07, 6.45) is -4.90. The standard InChI is InChI=1S/C12H8F4N2O2S/c13-8-2-1-6(12(14,15)16)3-9(8)18-11-17-7(5-21-11)4-10(19)20/h1-3,5H,4H2,(H,17,18)(H,19,20). The van der Waals surface area contributed by atoms with Crippen molar-refractivity contribution in [3.63, 3.8) is 0 Å². The van der Waals surface area contributed by atoms with Crippen LogP contribution in [0.5, 0.6) is 0 Å². The first kappa shape index (κ1) is 15.2. The fraction of sp³-hybridized carbons (Fsp3) is 0.167. The first-order valence-corrected chi connectivity index (χ1v) is 6.43. The Bertz CT molecular complexity index is 670. The number of halogens is 4. The summed E-state index contributed by atoms with van der Waals surface area (Å²) in [7, 11) is 0. The summed E-state index contributed by atoms with van der Waals surface area (Å²) < 4.78 is 51.2. The fourth-order valence-electron chi connectivity index (χ4n) is 1.51. The number of hydrogen-bond donors (Lipinski definition) is 2. The molecule has 0 atom stereocenters. The van der Waals surface area contributed by atoms with Crippen molar-refractivity contribution in [1.29, 1.82) is 0 Å². The second kappa shape index (κ2) is 5.68. The van der Waals surface area contributed by atoms with Crippen LogP contribution in [-0.4, -0.2) is 16.1 Å². The highest BCUT2D eigenvalue weighted by Crippen LogP contribution is 2.33. The molecule has 2 aromatic rings. The lowest BCUT2D eigenvalue weighted by atomic mass is 10.2. The number of benzene rings is 1. The van der Waals surface area contributed by atoms with Crippen molar-refractivity contribution in [3.05, 3.63) is 40.7 Å². The molecule has 0 aliphatic rings. The average Bonchev–Trinajstić information content (AvgIpc) is 2.77. The number of thiazole rings is 1. The summed E-state index contributed by atoms with van der Waals surface area (Å²) in [6.45, 7) is 0. The molecule has 0 aliphatic heterocycles. The highest BCUT2D eigenvalue weighted by atomic mass is 32.1. The van der Waals surface area contributed by atoms with E-state index >= 15 is 0 Å². The Morgan fingerprint density at radius 3 is 2.71 bits per heavy atom. The number of carbonyl (C=O) groups is 1. The maximum atomic E-state index is 13.5. The molecular formula is C12H8F4N2O2S. The van der Waals surface area contributed by atoms with Gasteiger partial charge in [-0.1, -0.05) is 0 Å². The molecule has 4 nitrogen and oxygen atoms in total. The van der Waals surface area contributed by atoms with Gasteiger partial charge in [0.1, 0.15) is 5.82 Å². The summed E-state index contributed by atoms with van der Waals surface area (Å²) in [5, 5.41) is 12.6. The third-order valence-corrected chi connectivity index (χ3v) is 3.23. The van der Waals surface area contributed by atoms with Gasteiger partial charge in [-0.3, -0.25) is 4.79 Å². The van der Waals surface area contributed by atoms with Crippen molar-refractivity contribution in [2.24, 2.45) is 0 Å². The Kier molecular flexibility index (Phi) is 4.12. The lowest BCUT2D eigenvalue weighted by Gasteiger charge is -2.10. The van der Waals surface area contributed by atoms with Crippen LogP contribution in [0, 0.1) is 5.82 Å². The van der Waals surface area contributed by atoms with Gasteiger partial charge in [-0.05, 0) is 18.2 Å². The molecule has 0 bridgehead atoms. The molecule has 2 rings (SSSR count). The van der Waals surface area contributed by atoms with Gasteiger partial charge < -0.3 is 10.4 Å². The Morgan fingerprint density at radius 1 is 1.38 bits per heavy atom. The zero-order valence-electron chi connectivity index (χ0n) is 10.2. The lowest BCUT2D eigenvalue weighted by molar-refractivity contribution is -0.138. The largest absolute Gasteiger partial charge is 0.481 e. The van der Waals surface area contributed by atoms with Crippen LogP contribution < -0.4 is 5.32 Å². The van der Waals surface area contributed by atoms with Crippen LogP contribution >= 0.6 is 11.3 Å². The van der Waals surface area contributed by atoms with Crippen LogP contribution in [0.4, 0.5) is 28.4 Å². The molecular weight excluding hydrogens is 312 g/mol. The zero-order chi connectivity index (χ0) is 15.6. The van der Waals surface area contributed by atoms with E-state index in [1.807, 2.05) is 0 Å². The van der Waals surface area contributed by atoms with Gasteiger partial charge in [0.15, 0.2) is 5.13 Å². The van der Waals surface area contributed by atoms with Crippen molar-refractivity contribution in [2.45, 2.75) is 12.6 Å². The van der Waals surface area contributed by atoms with Crippen LogP contribution in [-0.2, 0) is 17.4 Å². The van der Waals surface area contributed by atoms with Gasteiger partial charge in [0, 0.05) is 5.38 Å². The first-order chi connectivity index (χ1) is 9.75. The molecule has 1 aromatic carbocycles. The number of aliphatic carboxylic acids is 1. The monoisotopic (exact) mass is 320 g/mol. The second-order valence-corrected chi connectivity index (χ2v) is 4.89. The Morgan fingerprint density at radius 2 is 2.10 bits per heavy atom. The topological polar surface area (TPSA) is 62.2 Å². The van der Waals surface area contributed by atoms with Gasteiger partial charge in [0.2, 0.25) is 0 Å². The number of nitrogens with zero attached hydrogens (tertiary/aromatic N) is 1. The average molecular weight is 320 g/mol. The first-order valence-electron chi connectivity index (χ1n) is 5.55. The Labute approximate surface area is 120 Å². The van der Waals surface area contributed by atoms with Crippen LogP contribution in [0.1, 0.15) is 11.3 Å². The summed E-state index contributed by atoms with van der Waals surface area (Å²) in [6, 6.07) is 1.97. The molecule has 0 amide bonds. The quantitative estimate of drug-likeness (QED) is 0.844. The maximum Gasteiger partial charge on any atom is 0.416 e. The van der Waals surface area contributed by atoms with Gasteiger partial charge in [0.25, 0.3) is 0 Å². The number of aromatic nitrogens is 1. The van der Waals surface area contributed by atoms with E-state index in [-0.39, 0.29) is 22.9 Å². The van der Waals surface area contributed by atoms with Crippen molar-refractivity contribution in [1.82, 2.24) is 4.98 Å². The van der Waals surface area contributed by atoms with Gasteiger partial charge in [-0.15, -0.1) is 11.3 Å². The molecule has 0 saturated carbocycles. The minimum absolute atomic E-state index is 0.115. The highest BCUT2D eigenvalue weighted by Gasteiger charge is 2.31. The van der Waals surface area contributed by atoms with Gasteiger partial charge in [-0.2, -0.15) is 13.2 Å². The van der Waals surface area contributed by atoms with Crippen molar-refractivity contribution in [3.8, 4) is 0 Å². The van der Waals surface area contributed by atoms with Gasteiger partial charge in [0.05, 0.1) is 23.4 Å². The minimum atomic E-state index is -4.58. The predicted molar refractivity (Wildman–Crippen MR) is 68.1 cm³/mol. The molecule has 112 valence electrons. The summed E-state index contributed by atoms with van der Waals surface area (Å²) in [5.74, 6) is -1.95. The number of carboxylic acids is 1. The minimum Gasteiger partial charge on any atom is -0.481 e. The molecule has 0 saturated heterocycles. The van der Waals surface area contributed by atoms with Crippen LogP contribution in [0.2, 0.25) is 0 Å². The molecule has 1 heterocycles. The van der Waals surface area contributed by atoms with E-state index in [1.54, 1.807) is 0 Å². The summed E-state index contributed by atoms with van der Waals surface area (Å²) in [5.41, 5.74) is -1.13. The SMILES string of the molecule is O=C(O)Cc1csc(Nc2cc(C(F)(F)F)ccc2F)n1. The van der Waals surface area contributed by atoms with E-state index in [0.29, 0.717) is 18.2 Å². The van der Waals surface area contributed by atoms with Crippen LogP contribution in [0.3, 0.4) is 0 Å². The summed E-state index contributed by atoms with van der Waals surface area (Å²) in [4.78, 5) is 14.4. The van der Waals surface area contributed by atoms with E-state index < -0.39 is 23.5 Å². The van der Waals surface area contributed by atoms with Crippen LogP contribution in [0.15, 0.2) is 23.6 Å².